The van der Waals surface area contributed by atoms with Gasteiger partial charge in [-0.25, -0.2) is 0 Å². The van der Waals surface area contributed by atoms with E-state index in [0.29, 0.717) is 5.03 Å². The van der Waals surface area contributed by atoms with Crippen LogP contribution in [0.4, 0.5) is 5.69 Å². The lowest BCUT2D eigenvalue weighted by atomic mass is 10.3. The SMILES string of the molecule is [C-]#[N+]C([N+]#[C-])=C(SC)N(C)c1ccccc1. The summed E-state index contributed by atoms with van der Waals surface area (Å²) in [7, 11) is 1.86. The zero-order valence-corrected chi connectivity index (χ0v) is 9.95. The lowest BCUT2D eigenvalue weighted by Gasteiger charge is -2.18. The Kier molecular flexibility index (Phi) is 4.44. The molecular weight excluding hydrogens is 218 g/mol. The van der Waals surface area contributed by atoms with Crippen LogP contribution in [0.15, 0.2) is 41.2 Å². The molecule has 0 N–H and O–H groups in total. The zero-order chi connectivity index (χ0) is 12.0. The largest absolute Gasteiger partial charge is 0.549 e. The second-order valence-corrected chi connectivity index (χ2v) is 3.75. The van der Waals surface area contributed by atoms with E-state index in [1.54, 1.807) is 0 Å². The van der Waals surface area contributed by atoms with E-state index in [4.69, 9.17) is 13.1 Å². The van der Waals surface area contributed by atoms with E-state index >= 15 is 0 Å². The second kappa shape index (κ2) is 5.85. The topological polar surface area (TPSA) is 12.0 Å². The quantitative estimate of drug-likeness (QED) is 0.736. The number of hydrogen-bond acceptors (Lipinski definition) is 2. The number of anilines is 1. The summed E-state index contributed by atoms with van der Waals surface area (Å²) >= 11 is 1.41. The fourth-order valence-electron chi connectivity index (χ4n) is 1.27. The average molecular weight is 229 g/mol. The van der Waals surface area contributed by atoms with Crippen molar-refractivity contribution in [3.8, 4) is 0 Å². The Hall–Kier alpha value is -1.91. The van der Waals surface area contributed by atoms with Crippen LogP contribution < -0.4 is 4.90 Å². The molecule has 0 radical (unpaired) electrons. The van der Waals surface area contributed by atoms with Crippen molar-refractivity contribution in [2.24, 2.45) is 0 Å². The van der Waals surface area contributed by atoms with Gasteiger partial charge in [0.25, 0.3) is 0 Å². The first-order chi connectivity index (χ1) is 7.74. The van der Waals surface area contributed by atoms with E-state index in [0.717, 1.165) is 5.69 Å². The third-order valence-electron chi connectivity index (χ3n) is 2.04. The third-order valence-corrected chi connectivity index (χ3v) is 2.89. The molecule has 0 aliphatic rings. The smallest absolute Gasteiger partial charge is 0.342 e. The molecule has 4 heteroatoms. The summed E-state index contributed by atoms with van der Waals surface area (Å²) in [4.78, 5) is 8.33. The molecule has 0 bridgehead atoms. The molecule has 1 rings (SSSR count). The van der Waals surface area contributed by atoms with Gasteiger partial charge in [0.15, 0.2) is 5.03 Å². The highest BCUT2D eigenvalue weighted by Gasteiger charge is 2.18. The maximum Gasteiger partial charge on any atom is 0.549 e. The number of rotatable bonds is 3. The second-order valence-electron chi connectivity index (χ2n) is 2.95. The number of benzene rings is 1. The van der Waals surface area contributed by atoms with Crippen LogP contribution in [0.3, 0.4) is 0 Å². The molecule has 0 aliphatic heterocycles. The Morgan fingerprint density at radius 3 is 2.19 bits per heavy atom. The molecule has 0 unspecified atom stereocenters. The van der Waals surface area contributed by atoms with E-state index in [2.05, 4.69) is 9.69 Å². The average Bonchev–Trinajstić information content (AvgIpc) is 2.36. The predicted molar refractivity (Wildman–Crippen MR) is 68.6 cm³/mol. The molecule has 0 saturated carbocycles. The van der Waals surface area contributed by atoms with Gasteiger partial charge < -0.3 is 4.90 Å². The summed E-state index contributed by atoms with van der Waals surface area (Å²) in [6, 6.07) is 9.69. The summed E-state index contributed by atoms with van der Waals surface area (Å²) in [6.45, 7) is 13.9. The molecular formula is C12H11N3S. The minimum absolute atomic E-state index is 0.110. The number of nitrogens with zero attached hydrogens (tertiary/aromatic N) is 3. The minimum atomic E-state index is 0.110. The number of hydrogen-bond donors (Lipinski definition) is 0. The maximum atomic E-state index is 6.96. The normalized spacial score (nSPS) is 8.75. The van der Waals surface area contributed by atoms with Crippen LogP contribution in [-0.4, -0.2) is 13.3 Å². The molecule has 16 heavy (non-hydrogen) atoms. The van der Waals surface area contributed by atoms with Gasteiger partial charge in [-0.3, -0.25) is 0 Å². The van der Waals surface area contributed by atoms with Gasteiger partial charge in [-0.15, -0.1) is 11.8 Å². The first kappa shape index (κ1) is 12.2. The molecule has 80 valence electrons. The highest BCUT2D eigenvalue weighted by Crippen LogP contribution is 2.27. The predicted octanol–water partition coefficient (Wildman–Crippen LogP) is 3.45. The summed E-state index contributed by atoms with van der Waals surface area (Å²) < 4.78 is 0. The van der Waals surface area contributed by atoms with Crippen LogP contribution in [0.1, 0.15) is 0 Å². The number of para-hydroxylation sites is 1. The number of thioether (sulfide) groups is 1. The lowest BCUT2D eigenvalue weighted by molar-refractivity contribution is 1.17. The summed E-state index contributed by atoms with van der Waals surface area (Å²) in [5.41, 5.74) is 0.969. The van der Waals surface area contributed by atoms with Gasteiger partial charge in [0.1, 0.15) is 13.1 Å². The Morgan fingerprint density at radius 2 is 1.75 bits per heavy atom. The van der Waals surface area contributed by atoms with Crippen molar-refractivity contribution in [1.82, 2.24) is 0 Å². The van der Waals surface area contributed by atoms with Crippen molar-refractivity contribution in [3.63, 3.8) is 0 Å². The minimum Gasteiger partial charge on any atom is -0.342 e. The summed E-state index contributed by atoms with van der Waals surface area (Å²) in [5, 5.41) is 0.677. The molecule has 0 aromatic heterocycles. The van der Waals surface area contributed by atoms with Crippen molar-refractivity contribution in [2.75, 3.05) is 18.2 Å². The summed E-state index contributed by atoms with van der Waals surface area (Å²) in [5.74, 6) is 0.110. The Bertz CT molecular complexity index is 449. The van der Waals surface area contributed by atoms with Gasteiger partial charge in [-0.2, -0.15) is 9.69 Å². The zero-order valence-electron chi connectivity index (χ0n) is 9.14. The van der Waals surface area contributed by atoms with Crippen LogP contribution >= 0.6 is 11.8 Å². The van der Waals surface area contributed by atoms with Crippen molar-refractivity contribution >= 4 is 17.4 Å². The van der Waals surface area contributed by atoms with Gasteiger partial charge in [0, 0.05) is 12.7 Å². The van der Waals surface area contributed by atoms with Crippen LogP contribution in [0.25, 0.3) is 9.69 Å². The molecule has 1 aromatic rings. The van der Waals surface area contributed by atoms with Crippen LogP contribution in [0, 0.1) is 13.1 Å². The molecule has 1 aromatic carbocycles. The van der Waals surface area contributed by atoms with Crippen LogP contribution in [-0.2, 0) is 0 Å². The molecule has 0 heterocycles. The van der Waals surface area contributed by atoms with Crippen LogP contribution in [0.2, 0.25) is 0 Å². The third kappa shape index (κ3) is 2.56. The van der Waals surface area contributed by atoms with E-state index in [1.165, 1.54) is 11.8 Å². The van der Waals surface area contributed by atoms with Crippen molar-refractivity contribution in [3.05, 3.63) is 64.0 Å². The molecule has 3 nitrogen and oxygen atoms in total. The fourth-order valence-corrected chi connectivity index (χ4v) is 1.92. The molecule has 0 aliphatic carbocycles. The summed E-state index contributed by atoms with van der Waals surface area (Å²) in [6.07, 6.45) is 1.87. The fraction of sp³-hybridized carbons (Fsp3) is 0.167. The first-order valence-electron chi connectivity index (χ1n) is 4.56. The van der Waals surface area contributed by atoms with E-state index in [1.807, 2.05) is 48.5 Å². The monoisotopic (exact) mass is 229 g/mol. The standard InChI is InChI=1S/C12H11N3S/c1-13-11(14-2)12(16-4)15(3)10-8-6-5-7-9-10/h5-9H,3-4H3. The maximum absolute atomic E-state index is 6.96. The molecule has 0 amide bonds. The van der Waals surface area contributed by atoms with Crippen molar-refractivity contribution < 1.29 is 0 Å². The van der Waals surface area contributed by atoms with Gasteiger partial charge in [0.05, 0.1) is 0 Å². The van der Waals surface area contributed by atoms with E-state index in [-0.39, 0.29) is 5.82 Å². The van der Waals surface area contributed by atoms with Gasteiger partial charge in [-0.05, 0) is 18.4 Å². The van der Waals surface area contributed by atoms with Crippen molar-refractivity contribution in [1.29, 1.82) is 0 Å². The molecule has 0 fully saturated rings. The molecule has 0 saturated heterocycles. The molecule has 0 atom stereocenters. The molecule has 0 spiro atoms. The highest BCUT2D eigenvalue weighted by molar-refractivity contribution is 8.02. The van der Waals surface area contributed by atoms with Crippen molar-refractivity contribution in [2.45, 2.75) is 0 Å². The van der Waals surface area contributed by atoms with E-state index in [9.17, 15) is 0 Å². The van der Waals surface area contributed by atoms with Gasteiger partial charge >= 0.3 is 5.82 Å². The van der Waals surface area contributed by atoms with Crippen LogP contribution in [0.5, 0.6) is 0 Å². The Morgan fingerprint density at radius 1 is 1.19 bits per heavy atom. The Labute approximate surface area is 100 Å². The highest BCUT2D eigenvalue weighted by atomic mass is 32.2. The first-order valence-corrected chi connectivity index (χ1v) is 5.79. The van der Waals surface area contributed by atoms with E-state index < -0.39 is 0 Å². The Balaban J connectivity index is 3.15. The lowest BCUT2D eigenvalue weighted by Crippen LogP contribution is -2.14. The van der Waals surface area contributed by atoms with Gasteiger partial charge in [-0.1, -0.05) is 18.2 Å². The van der Waals surface area contributed by atoms with Gasteiger partial charge in [0.2, 0.25) is 0 Å².